The molecule has 0 aromatic heterocycles. The first-order valence-corrected chi connectivity index (χ1v) is 6.54. The number of carbonyl (C=O) groups is 2. The SMILES string of the molecule is CCC(C)[O-].CCC(C)[O-].CCOC(=O)[CH-]C(C)=O.[Al+3]. The number of esters is 1. The van der Waals surface area contributed by atoms with Crippen molar-refractivity contribution in [3.8, 4) is 0 Å². The molecule has 2 unspecified atom stereocenters. The molecule has 0 amide bonds. The van der Waals surface area contributed by atoms with Gasteiger partial charge in [-0.25, -0.2) is 6.42 Å². The van der Waals surface area contributed by atoms with Crippen LogP contribution in [0.4, 0.5) is 0 Å². The summed E-state index contributed by atoms with van der Waals surface area (Å²) in [7, 11) is 0. The van der Waals surface area contributed by atoms with Crippen LogP contribution in [0.1, 0.15) is 54.4 Å². The molecule has 0 saturated carbocycles. The van der Waals surface area contributed by atoms with Gasteiger partial charge >= 0.3 is 17.4 Å². The van der Waals surface area contributed by atoms with Crippen molar-refractivity contribution < 1.29 is 24.5 Å². The molecule has 0 bridgehead atoms. The minimum atomic E-state index is -0.565. The molecule has 0 radical (unpaired) electrons. The second-order valence-corrected chi connectivity index (χ2v) is 3.94. The Morgan fingerprint density at radius 3 is 1.50 bits per heavy atom. The third-order valence-electron chi connectivity index (χ3n) is 1.76. The molecule has 20 heavy (non-hydrogen) atoms. The van der Waals surface area contributed by atoms with Crippen LogP contribution in [0.5, 0.6) is 0 Å². The van der Waals surface area contributed by atoms with Gasteiger partial charge in [-0.05, 0) is 13.8 Å². The molecule has 2 atom stereocenters. The zero-order chi connectivity index (χ0) is 15.8. The summed E-state index contributed by atoms with van der Waals surface area (Å²) in [5.74, 6) is -0.849. The quantitative estimate of drug-likeness (QED) is 0.314. The van der Waals surface area contributed by atoms with Crippen LogP contribution in [0.3, 0.4) is 0 Å². The molecule has 0 N–H and O–H groups in total. The van der Waals surface area contributed by atoms with Gasteiger partial charge in [-0.3, -0.25) is 4.79 Å². The molecule has 6 heteroatoms. The van der Waals surface area contributed by atoms with Gasteiger partial charge in [0.05, 0.1) is 6.61 Å². The third-order valence-corrected chi connectivity index (χ3v) is 1.76. The van der Waals surface area contributed by atoms with Crippen LogP contribution < -0.4 is 10.2 Å². The Bertz CT molecular complexity index is 210. The number of rotatable bonds is 5. The van der Waals surface area contributed by atoms with E-state index in [1.165, 1.54) is 6.92 Å². The first-order valence-electron chi connectivity index (χ1n) is 6.54. The largest absolute Gasteiger partial charge is 3.00 e. The van der Waals surface area contributed by atoms with Gasteiger partial charge in [0, 0.05) is 5.78 Å². The fourth-order valence-electron chi connectivity index (χ4n) is 0.350. The summed E-state index contributed by atoms with van der Waals surface area (Å²) in [6.07, 6.45) is 1.69. The van der Waals surface area contributed by atoms with E-state index >= 15 is 0 Å². The second-order valence-electron chi connectivity index (χ2n) is 3.94. The fourth-order valence-corrected chi connectivity index (χ4v) is 0.350. The predicted octanol–water partition coefficient (Wildman–Crippen LogP) is 0.252. The van der Waals surface area contributed by atoms with Gasteiger partial charge in [0.15, 0.2) is 5.97 Å². The minimum absolute atomic E-state index is 0. The van der Waals surface area contributed by atoms with E-state index in [1.54, 1.807) is 20.8 Å². The van der Waals surface area contributed by atoms with Gasteiger partial charge in [0.2, 0.25) is 0 Å². The number of Topliss-reactive ketones (excluding diaryl/α,β-unsaturated/α-hetero) is 1. The van der Waals surface area contributed by atoms with Crippen molar-refractivity contribution in [1.82, 2.24) is 0 Å². The van der Waals surface area contributed by atoms with E-state index in [1.807, 2.05) is 13.8 Å². The van der Waals surface area contributed by atoms with Gasteiger partial charge in [-0.15, -0.1) is 12.2 Å². The van der Waals surface area contributed by atoms with Crippen LogP contribution in [0.15, 0.2) is 0 Å². The van der Waals surface area contributed by atoms with Crippen molar-refractivity contribution in [3.05, 3.63) is 6.42 Å². The maximum Gasteiger partial charge on any atom is 3.00 e. The Morgan fingerprint density at radius 2 is 1.35 bits per heavy atom. The van der Waals surface area contributed by atoms with E-state index in [0.717, 1.165) is 19.3 Å². The number of carbonyl (C=O) groups excluding carboxylic acids is 2. The van der Waals surface area contributed by atoms with E-state index in [0.29, 0.717) is 6.61 Å². The second kappa shape index (κ2) is 20.8. The third kappa shape index (κ3) is 43.2. The molecule has 0 aliphatic rings. The molecule has 0 spiro atoms. The van der Waals surface area contributed by atoms with Gasteiger partial charge in [0.25, 0.3) is 0 Å². The first kappa shape index (κ1) is 27.7. The van der Waals surface area contributed by atoms with Crippen molar-refractivity contribution >= 4 is 29.1 Å². The average Bonchev–Trinajstić information content (AvgIpc) is 2.29. The molecule has 116 valence electrons. The van der Waals surface area contributed by atoms with Crippen LogP contribution in [-0.2, 0) is 14.3 Å². The Kier molecular flexibility index (Phi) is 28.8. The summed E-state index contributed by atoms with van der Waals surface area (Å²) in [4.78, 5) is 20.5. The molecule has 0 aliphatic heterocycles. The zero-order valence-corrected chi connectivity index (χ0v) is 14.6. The van der Waals surface area contributed by atoms with Crippen LogP contribution in [0.2, 0.25) is 0 Å². The van der Waals surface area contributed by atoms with E-state index in [-0.39, 0.29) is 35.4 Å². The van der Waals surface area contributed by atoms with Crippen LogP contribution in [-0.4, -0.2) is 47.9 Å². The predicted molar refractivity (Wildman–Crippen MR) is 76.9 cm³/mol. The van der Waals surface area contributed by atoms with Crippen molar-refractivity contribution in [2.75, 3.05) is 6.61 Å². The van der Waals surface area contributed by atoms with Crippen molar-refractivity contribution in [3.63, 3.8) is 0 Å². The molecule has 0 aromatic rings. The molecule has 0 aliphatic carbocycles. The molecule has 0 heterocycles. The normalized spacial score (nSPS) is 11.2. The molecular formula is C14H27AlO5. The Hall–Kier alpha value is -0.538. The first-order chi connectivity index (χ1) is 8.70. The molecule has 5 nitrogen and oxygen atoms in total. The number of hydrogen-bond acceptors (Lipinski definition) is 5. The van der Waals surface area contributed by atoms with Crippen LogP contribution in [0.25, 0.3) is 0 Å². The minimum Gasteiger partial charge on any atom is -0.852 e. The monoisotopic (exact) mass is 302 g/mol. The van der Waals surface area contributed by atoms with Crippen LogP contribution >= 0.6 is 0 Å². The average molecular weight is 302 g/mol. The Morgan fingerprint density at radius 1 is 1.05 bits per heavy atom. The zero-order valence-electron chi connectivity index (χ0n) is 13.5. The molecular weight excluding hydrogens is 275 g/mol. The molecule has 0 rings (SSSR count). The Balaban J connectivity index is -0.000000101. The van der Waals surface area contributed by atoms with Crippen molar-refractivity contribution in [2.24, 2.45) is 0 Å². The molecule has 0 saturated heterocycles. The van der Waals surface area contributed by atoms with Gasteiger partial charge in [0.1, 0.15) is 0 Å². The molecule has 0 aromatic carbocycles. The van der Waals surface area contributed by atoms with E-state index in [2.05, 4.69) is 4.74 Å². The van der Waals surface area contributed by atoms with Gasteiger partial charge < -0.3 is 19.7 Å². The number of hydrogen-bond donors (Lipinski definition) is 0. The standard InChI is InChI=1S/C6H9O3.2C4H9O.Al/c1-3-9-6(8)4-5(2)7;2*1-3-4(2)5;/h4H,3H2,1-2H3;2*4H,3H2,1-2H3;/q3*-1;+3. The maximum absolute atomic E-state index is 10.4. The van der Waals surface area contributed by atoms with Crippen LogP contribution in [0, 0.1) is 6.42 Å². The fraction of sp³-hybridized carbons (Fsp3) is 0.786. The summed E-state index contributed by atoms with van der Waals surface area (Å²) in [6, 6.07) is 0. The number of ketones is 1. The van der Waals surface area contributed by atoms with Gasteiger partial charge in [-0.2, -0.15) is 0 Å². The summed E-state index contributed by atoms with van der Waals surface area (Å²) < 4.78 is 4.44. The molecule has 0 fully saturated rings. The maximum atomic E-state index is 10.4. The summed E-state index contributed by atoms with van der Waals surface area (Å²) >= 11 is 0. The van der Waals surface area contributed by atoms with Crippen molar-refractivity contribution in [2.45, 2.75) is 66.6 Å². The van der Waals surface area contributed by atoms with Crippen molar-refractivity contribution in [1.29, 1.82) is 0 Å². The summed E-state index contributed by atoms with van der Waals surface area (Å²) in [5, 5.41) is 19.8. The van der Waals surface area contributed by atoms with E-state index in [4.69, 9.17) is 0 Å². The topological polar surface area (TPSA) is 89.5 Å². The number of ether oxygens (including phenoxy) is 1. The van der Waals surface area contributed by atoms with E-state index < -0.39 is 5.97 Å². The Labute approximate surface area is 133 Å². The summed E-state index contributed by atoms with van der Waals surface area (Å²) in [5.41, 5.74) is 0. The van der Waals surface area contributed by atoms with E-state index in [9.17, 15) is 19.8 Å². The summed E-state index contributed by atoms with van der Waals surface area (Å²) in [6.45, 7) is 10.4. The van der Waals surface area contributed by atoms with Gasteiger partial charge in [-0.1, -0.05) is 40.5 Å². The smallest absolute Gasteiger partial charge is 0.852 e.